The minimum atomic E-state index is -0.684. The number of ether oxygens (including phenoxy) is 2. The van der Waals surface area contributed by atoms with E-state index >= 15 is 0 Å². The maximum atomic E-state index is 12.8. The molecule has 3 rings (SSSR count). The number of rotatable bonds is 7. The zero-order chi connectivity index (χ0) is 25.7. The summed E-state index contributed by atoms with van der Waals surface area (Å²) in [5.74, 6) is -2.60. The first-order chi connectivity index (χ1) is 16.6. The van der Waals surface area contributed by atoms with Crippen LogP contribution < -0.4 is 10.6 Å². The first kappa shape index (κ1) is 25.4. The van der Waals surface area contributed by atoms with Crippen LogP contribution in [-0.2, 0) is 19.1 Å². The number of nitrogens with zero attached hydrogens (tertiary/aromatic N) is 1. The molecule has 0 spiro atoms. The van der Waals surface area contributed by atoms with Gasteiger partial charge in [0.2, 0.25) is 11.8 Å². The van der Waals surface area contributed by atoms with Crippen LogP contribution in [0.4, 0.5) is 11.4 Å². The summed E-state index contributed by atoms with van der Waals surface area (Å²) in [5.41, 5.74) is 1.03. The number of carbonyl (C=O) groups is 5. The molecule has 0 aliphatic carbocycles. The summed E-state index contributed by atoms with van der Waals surface area (Å²) in [6.45, 7) is 4.18. The van der Waals surface area contributed by atoms with Gasteiger partial charge in [-0.15, -0.1) is 0 Å². The summed E-state index contributed by atoms with van der Waals surface area (Å²) in [6.07, 6.45) is 0.164. The van der Waals surface area contributed by atoms with Crippen molar-refractivity contribution in [1.82, 2.24) is 4.90 Å². The van der Waals surface area contributed by atoms with Crippen LogP contribution in [0.5, 0.6) is 0 Å². The lowest BCUT2D eigenvalue weighted by Gasteiger charge is -2.20. The minimum absolute atomic E-state index is 0.0334. The zero-order valence-electron chi connectivity index (χ0n) is 19.9. The van der Waals surface area contributed by atoms with Gasteiger partial charge in [-0.2, -0.15) is 0 Å². The first-order valence-corrected chi connectivity index (χ1v) is 11.0. The molecular formula is C25H27N3O7. The zero-order valence-corrected chi connectivity index (χ0v) is 19.9. The Labute approximate surface area is 202 Å². The average Bonchev–Trinajstić information content (AvgIpc) is 3.25. The average molecular weight is 482 g/mol. The second-order valence-electron chi connectivity index (χ2n) is 8.31. The quantitative estimate of drug-likeness (QED) is 0.581. The summed E-state index contributed by atoms with van der Waals surface area (Å²) in [4.78, 5) is 63.1. The molecule has 35 heavy (non-hydrogen) atoms. The third-order valence-electron chi connectivity index (χ3n) is 5.66. The Balaban J connectivity index is 1.71. The van der Waals surface area contributed by atoms with Crippen molar-refractivity contribution in [3.05, 3.63) is 59.2 Å². The van der Waals surface area contributed by atoms with Gasteiger partial charge in [-0.1, -0.05) is 0 Å². The molecule has 0 saturated carbocycles. The van der Waals surface area contributed by atoms with Gasteiger partial charge in [-0.05, 0) is 56.3 Å². The summed E-state index contributed by atoms with van der Waals surface area (Å²) in [6, 6.07) is 10.3. The molecule has 0 radical (unpaired) electrons. The maximum absolute atomic E-state index is 12.8. The predicted molar refractivity (Wildman–Crippen MR) is 127 cm³/mol. The summed E-state index contributed by atoms with van der Waals surface area (Å²) in [7, 11) is 2.43. The van der Waals surface area contributed by atoms with Crippen molar-refractivity contribution in [1.29, 1.82) is 0 Å². The second kappa shape index (κ2) is 10.8. The monoisotopic (exact) mass is 481 g/mol. The molecular weight excluding hydrogens is 454 g/mol. The molecule has 1 saturated heterocycles. The van der Waals surface area contributed by atoms with E-state index in [0.29, 0.717) is 12.2 Å². The number of likely N-dealkylation sites (tertiary alicyclic amines) is 1. The Morgan fingerprint density at radius 1 is 0.914 bits per heavy atom. The lowest BCUT2D eigenvalue weighted by atomic mass is 10.1. The van der Waals surface area contributed by atoms with Gasteiger partial charge >= 0.3 is 11.9 Å². The lowest BCUT2D eigenvalue weighted by molar-refractivity contribution is -0.129. The van der Waals surface area contributed by atoms with Gasteiger partial charge in [0.1, 0.15) is 0 Å². The maximum Gasteiger partial charge on any atom is 0.339 e. The molecule has 2 aromatic rings. The number of hydrogen-bond acceptors (Lipinski definition) is 7. The largest absolute Gasteiger partial charge is 0.465 e. The molecule has 2 N–H and O–H groups in total. The minimum Gasteiger partial charge on any atom is -0.465 e. The Kier molecular flexibility index (Phi) is 7.85. The number of esters is 2. The van der Waals surface area contributed by atoms with Crippen molar-refractivity contribution in [3.63, 3.8) is 0 Å². The fourth-order valence-corrected chi connectivity index (χ4v) is 3.73. The Hall–Kier alpha value is -4.21. The molecule has 0 bridgehead atoms. The molecule has 1 unspecified atom stereocenters. The third-order valence-corrected chi connectivity index (χ3v) is 5.66. The van der Waals surface area contributed by atoms with E-state index in [-0.39, 0.29) is 46.7 Å². The number of hydrogen-bond donors (Lipinski definition) is 2. The highest BCUT2D eigenvalue weighted by atomic mass is 16.5. The van der Waals surface area contributed by atoms with Crippen LogP contribution in [0.1, 0.15) is 51.3 Å². The van der Waals surface area contributed by atoms with Crippen LogP contribution in [-0.4, -0.2) is 61.4 Å². The van der Waals surface area contributed by atoms with E-state index < -0.39 is 23.8 Å². The molecule has 1 aliphatic rings. The highest BCUT2D eigenvalue weighted by Gasteiger charge is 2.35. The van der Waals surface area contributed by atoms with Crippen molar-refractivity contribution < 1.29 is 33.4 Å². The van der Waals surface area contributed by atoms with Crippen molar-refractivity contribution in [2.75, 3.05) is 31.4 Å². The number of nitrogens with one attached hydrogen (secondary N) is 2. The number of amides is 3. The van der Waals surface area contributed by atoms with Crippen LogP contribution in [0.3, 0.4) is 0 Å². The molecule has 10 heteroatoms. The smallest absolute Gasteiger partial charge is 0.339 e. The molecule has 3 amide bonds. The van der Waals surface area contributed by atoms with Gasteiger partial charge < -0.3 is 25.0 Å². The van der Waals surface area contributed by atoms with E-state index in [9.17, 15) is 24.0 Å². The van der Waals surface area contributed by atoms with Gasteiger partial charge in [0.25, 0.3) is 5.91 Å². The van der Waals surface area contributed by atoms with Crippen LogP contribution in [0.2, 0.25) is 0 Å². The second-order valence-corrected chi connectivity index (χ2v) is 8.31. The molecule has 10 nitrogen and oxygen atoms in total. The van der Waals surface area contributed by atoms with E-state index in [0.717, 1.165) is 0 Å². The van der Waals surface area contributed by atoms with E-state index in [1.165, 1.54) is 44.6 Å². The highest BCUT2D eigenvalue weighted by Crippen LogP contribution is 2.23. The Morgan fingerprint density at radius 2 is 1.54 bits per heavy atom. The first-order valence-electron chi connectivity index (χ1n) is 11.0. The fraction of sp³-hybridized carbons (Fsp3) is 0.320. The summed E-state index contributed by atoms with van der Waals surface area (Å²) >= 11 is 0. The molecule has 1 aliphatic heterocycles. The molecule has 0 aromatic heterocycles. The van der Waals surface area contributed by atoms with Crippen LogP contribution >= 0.6 is 0 Å². The molecule has 1 fully saturated rings. The van der Waals surface area contributed by atoms with Crippen LogP contribution in [0.15, 0.2) is 42.5 Å². The van der Waals surface area contributed by atoms with Crippen molar-refractivity contribution >= 4 is 41.0 Å². The number of carbonyl (C=O) groups excluding carboxylic acids is 5. The van der Waals surface area contributed by atoms with Crippen molar-refractivity contribution in [2.24, 2.45) is 5.92 Å². The molecule has 2 aromatic carbocycles. The summed E-state index contributed by atoms with van der Waals surface area (Å²) < 4.78 is 9.43. The van der Waals surface area contributed by atoms with Gasteiger partial charge in [0.05, 0.1) is 37.0 Å². The number of benzene rings is 2. The van der Waals surface area contributed by atoms with Crippen LogP contribution in [0.25, 0.3) is 0 Å². The van der Waals surface area contributed by atoms with E-state index in [1.807, 2.05) is 13.8 Å². The number of anilines is 2. The normalized spacial score (nSPS) is 15.1. The Bertz CT molecular complexity index is 1160. The SMILES string of the molecule is COC(=O)c1ccc(C(=O)OC)c(NC(=O)c2ccc(NC(=O)C3CC(=O)N(C(C)C)C3)cc2)c1. The summed E-state index contributed by atoms with van der Waals surface area (Å²) in [5, 5.41) is 5.38. The van der Waals surface area contributed by atoms with Crippen molar-refractivity contribution in [3.8, 4) is 0 Å². The number of methoxy groups -OCH3 is 2. The van der Waals surface area contributed by atoms with Gasteiger partial charge in [-0.3, -0.25) is 14.4 Å². The van der Waals surface area contributed by atoms with Gasteiger partial charge in [0.15, 0.2) is 0 Å². The van der Waals surface area contributed by atoms with E-state index in [2.05, 4.69) is 15.4 Å². The van der Waals surface area contributed by atoms with Crippen LogP contribution in [0, 0.1) is 5.92 Å². The fourth-order valence-electron chi connectivity index (χ4n) is 3.73. The molecule has 1 heterocycles. The lowest BCUT2D eigenvalue weighted by Crippen LogP contribution is -2.33. The van der Waals surface area contributed by atoms with Gasteiger partial charge in [-0.25, -0.2) is 9.59 Å². The van der Waals surface area contributed by atoms with Gasteiger partial charge in [0, 0.05) is 30.3 Å². The van der Waals surface area contributed by atoms with E-state index in [1.54, 1.807) is 17.0 Å². The highest BCUT2D eigenvalue weighted by molar-refractivity contribution is 6.09. The third kappa shape index (κ3) is 5.84. The predicted octanol–water partition coefficient (Wildman–Crippen LogP) is 2.71. The van der Waals surface area contributed by atoms with E-state index in [4.69, 9.17) is 4.74 Å². The molecule has 1 atom stereocenters. The topological polar surface area (TPSA) is 131 Å². The Morgan fingerprint density at radius 3 is 2.11 bits per heavy atom. The standard InChI is InChI=1S/C25H27N3O7/c1-14(2)28-13-17(12-21(28)29)23(31)26-18-8-5-15(6-9-18)22(30)27-20-11-16(24(32)34-3)7-10-19(20)25(33)35-4/h5-11,14,17H,12-13H2,1-4H3,(H,26,31)(H,27,30). The van der Waals surface area contributed by atoms with Crippen molar-refractivity contribution in [2.45, 2.75) is 26.3 Å². The molecule has 184 valence electrons.